The molecule has 0 saturated carbocycles. The van der Waals surface area contributed by atoms with E-state index in [1.807, 2.05) is 4.90 Å². The Morgan fingerprint density at radius 2 is 2.00 bits per heavy atom. The van der Waals surface area contributed by atoms with Crippen molar-refractivity contribution in [1.29, 1.82) is 0 Å². The van der Waals surface area contributed by atoms with E-state index in [0.29, 0.717) is 45.5 Å². The fourth-order valence-electron chi connectivity index (χ4n) is 5.43. The second-order valence-electron chi connectivity index (χ2n) is 9.49. The highest BCUT2D eigenvalue weighted by molar-refractivity contribution is 5.83. The molecule has 2 amide bonds. The number of likely N-dealkylation sites (tertiary alicyclic amines) is 1. The number of hydrogen-bond acceptors (Lipinski definition) is 6. The number of fused-ring (bicyclic) bond motifs is 1. The molecule has 194 valence electrons. The number of piperazine rings is 1. The average Bonchev–Trinajstić information content (AvgIpc) is 3.45. The number of carbonyl (C=O) groups is 2. The summed E-state index contributed by atoms with van der Waals surface area (Å²) in [6, 6.07) is 5.84. The van der Waals surface area contributed by atoms with Gasteiger partial charge in [-0.15, -0.1) is 13.2 Å². The van der Waals surface area contributed by atoms with E-state index in [2.05, 4.69) is 20.3 Å². The van der Waals surface area contributed by atoms with Crippen molar-refractivity contribution in [2.45, 2.75) is 69.2 Å². The quantitative estimate of drug-likeness (QED) is 0.542. The topological polar surface area (TPSA) is 83.1 Å². The molecule has 0 aromatic heterocycles. The Labute approximate surface area is 203 Å². The Morgan fingerprint density at radius 1 is 1.23 bits per heavy atom. The van der Waals surface area contributed by atoms with E-state index < -0.39 is 6.36 Å². The first-order valence-corrected chi connectivity index (χ1v) is 12.1. The number of rotatable bonds is 9. The van der Waals surface area contributed by atoms with Gasteiger partial charge in [0, 0.05) is 51.8 Å². The minimum Gasteiger partial charge on any atom is -0.406 e. The van der Waals surface area contributed by atoms with Crippen LogP contribution < -0.4 is 15.4 Å². The fraction of sp³-hybridized carbons (Fsp3) is 0.667. The van der Waals surface area contributed by atoms with Gasteiger partial charge in [-0.05, 0) is 43.4 Å². The second-order valence-corrected chi connectivity index (χ2v) is 9.49. The van der Waals surface area contributed by atoms with Gasteiger partial charge in [-0.3, -0.25) is 14.5 Å². The monoisotopic (exact) mass is 498 g/mol. The number of amides is 2. The molecular weight excluding hydrogens is 465 g/mol. The molecule has 4 atom stereocenters. The minimum atomic E-state index is -4.71. The number of hydrogen-bond donors (Lipinski definition) is 2. The molecular formula is C24H33F3N4O4. The average molecular weight is 499 g/mol. The first kappa shape index (κ1) is 25.7. The maximum Gasteiger partial charge on any atom is 0.573 e. The van der Waals surface area contributed by atoms with Crippen LogP contribution in [0.2, 0.25) is 0 Å². The molecule has 8 nitrogen and oxygen atoms in total. The zero-order valence-corrected chi connectivity index (χ0v) is 19.9. The number of methoxy groups -OCH3 is 1. The van der Waals surface area contributed by atoms with Gasteiger partial charge in [-0.1, -0.05) is 12.1 Å². The van der Waals surface area contributed by atoms with Gasteiger partial charge in [0.1, 0.15) is 5.75 Å². The molecule has 1 aromatic rings. The third-order valence-corrected chi connectivity index (χ3v) is 7.12. The molecule has 2 N–H and O–H groups in total. The van der Waals surface area contributed by atoms with Crippen LogP contribution in [0.5, 0.6) is 5.75 Å². The zero-order valence-electron chi connectivity index (χ0n) is 19.9. The minimum absolute atomic E-state index is 0.00484. The zero-order chi connectivity index (χ0) is 25.0. The van der Waals surface area contributed by atoms with Crippen LogP contribution in [-0.4, -0.2) is 85.5 Å². The first-order valence-electron chi connectivity index (χ1n) is 12.1. The SMILES string of the molecule is COC[C@H]1CCCN1C(=O)CC[C@@H]1CNC(=O)[C@@H]2C[C@H](NCc3ccc(OC(F)(F)F)cc3)CN12. The van der Waals surface area contributed by atoms with Crippen molar-refractivity contribution in [3.63, 3.8) is 0 Å². The third-order valence-electron chi connectivity index (χ3n) is 7.12. The first-order chi connectivity index (χ1) is 16.7. The lowest BCUT2D eigenvalue weighted by Crippen LogP contribution is -2.58. The van der Waals surface area contributed by atoms with Crippen molar-refractivity contribution in [1.82, 2.24) is 20.4 Å². The molecule has 3 heterocycles. The smallest absolute Gasteiger partial charge is 0.406 e. The van der Waals surface area contributed by atoms with Gasteiger partial charge >= 0.3 is 6.36 Å². The molecule has 1 aromatic carbocycles. The van der Waals surface area contributed by atoms with Gasteiger partial charge in [-0.2, -0.15) is 0 Å². The van der Waals surface area contributed by atoms with E-state index in [9.17, 15) is 22.8 Å². The van der Waals surface area contributed by atoms with Crippen molar-refractivity contribution in [3.05, 3.63) is 29.8 Å². The van der Waals surface area contributed by atoms with E-state index >= 15 is 0 Å². The van der Waals surface area contributed by atoms with Crippen LogP contribution in [0.25, 0.3) is 0 Å². The van der Waals surface area contributed by atoms with Gasteiger partial charge in [-0.25, -0.2) is 0 Å². The van der Waals surface area contributed by atoms with Crippen LogP contribution in [0.4, 0.5) is 13.2 Å². The predicted molar refractivity (Wildman–Crippen MR) is 122 cm³/mol. The molecule has 3 saturated heterocycles. The second kappa shape index (κ2) is 11.1. The summed E-state index contributed by atoms with van der Waals surface area (Å²) in [7, 11) is 1.65. The maximum absolute atomic E-state index is 12.8. The largest absolute Gasteiger partial charge is 0.573 e. The molecule has 0 unspecified atom stereocenters. The normalized spacial score (nSPS) is 27.1. The van der Waals surface area contributed by atoms with Gasteiger partial charge in [0.2, 0.25) is 11.8 Å². The Kier molecular flexibility index (Phi) is 8.18. The third kappa shape index (κ3) is 6.65. The maximum atomic E-state index is 12.8. The highest BCUT2D eigenvalue weighted by atomic mass is 19.4. The van der Waals surface area contributed by atoms with Crippen molar-refractivity contribution >= 4 is 11.8 Å². The lowest BCUT2D eigenvalue weighted by molar-refractivity contribution is -0.274. The van der Waals surface area contributed by atoms with Crippen molar-refractivity contribution < 1.29 is 32.2 Å². The highest BCUT2D eigenvalue weighted by Gasteiger charge is 2.43. The predicted octanol–water partition coefficient (Wildman–Crippen LogP) is 2.03. The number of alkyl halides is 3. The molecule has 0 radical (unpaired) electrons. The van der Waals surface area contributed by atoms with E-state index in [4.69, 9.17) is 4.74 Å². The Morgan fingerprint density at radius 3 is 2.71 bits per heavy atom. The molecule has 35 heavy (non-hydrogen) atoms. The van der Waals surface area contributed by atoms with E-state index in [0.717, 1.165) is 24.9 Å². The lowest BCUT2D eigenvalue weighted by atomic mass is 10.0. The molecule has 3 aliphatic heterocycles. The summed E-state index contributed by atoms with van der Waals surface area (Å²) in [6.45, 7) is 3.01. The molecule has 0 bridgehead atoms. The standard InChI is InChI=1S/C24H33F3N4O4/c1-34-15-19-3-2-10-30(19)22(32)9-6-18-13-29-23(33)21-11-17(14-31(18)21)28-12-16-4-7-20(8-5-16)35-24(25,26)27/h4-5,7-8,17-19,21,28H,2-3,6,9-15H2,1H3,(H,29,33)/t17-,18+,19+,21-/m0/s1. The number of nitrogens with zero attached hydrogens (tertiary/aromatic N) is 2. The summed E-state index contributed by atoms with van der Waals surface area (Å²) >= 11 is 0. The van der Waals surface area contributed by atoms with Gasteiger partial charge in [0.25, 0.3) is 0 Å². The fourth-order valence-corrected chi connectivity index (χ4v) is 5.43. The molecule has 11 heteroatoms. The van der Waals surface area contributed by atoms with Crippen LogP contribution in [0.1, 0.15) is 37.7 Å². The summed E-state index contributed by atoms with van der Waals surface area (Å²) in [5.41, 5.74) is 0.826. The molecule has 0 spiro atoms. The molecule has 3 fully saturated rings. The van der Waals surface area contributed by atoms with Crippen molar-refractivity contribution in [2.24, 2.45) is 0 Å². The number of nitrogens with one attached hydrogen (secondary N) is 2. The Bertz CT molecular complexity index is 883. The van der Waals surface area contributed by atoms with Gasteiger partial charge in [0.05, 0.1) is 18.7 Å². The number of carbonyl (C=O) groups excluding carboxylic acids is 2. The summed E-state index contributed by atoms with van der Waals surface area (Å²) in [6.07, 6.45) is -0.977. The van der Waals surface area contributed by atoms with Gasteiger partial charge < -0.3 is 25.0 Å². The Balaban J connectivity index is 1.27. The summed E-state index contributed by atoms with van der Waals surface area (Å²) in [4.78, 5) is 29.4. The van der Waals surface area contributed by atoms with Crippen LogP contribution in [0.15, 0.2) is 24.3 Å². The van der Waals surface area contributed by atoms with Crippen LogP contribution in [0, 0.1) is 0 Å². The van der Waals surface area contributed by atoms with E-state index in [1.165, 1.54) is 12.1 Å². The molecule has 3 aliphatic rings. The van der Waals surface area contributed by atoms with Crippen molar-refractivity contribution in [2.75, 3.05) is 33.4 Å². The Hall–Kier alpha value is -2.37. The lowest BCUT2D eigenvalue weighted by Gasteiger charge is -2.37. The van der Waals surface area contributed by atoms with Crippen LogP contribution >= 0.6 is 0 Å². The number of ether oxygens (including phenoxy) is 2. The molecule has 4 rings (SSSR count). The summed E-state index contributed by atoms with van der Waals surface area (Å²) < 4.78 is 46.2. The summed E-state index contributed by atoms with van der Waals surface area (Å²) in [5.74, 6) is -0.106. The summed E-state index contributed by atoms with van der Waals surface area (Å²) in [5, 5.41) is 6.40. The van der Waals surface area contributed by atoms with Crippen LogP contribution in [-0.2, 0) is 20.9 Å². The van der Waals surface area contributed by atoms with E-state index in [-0.39, 0.29) is 41.7 Å². The van der Waals surface area contributed by atoms with Crippen LogP contribution in [0.3, 0.4) is 0 Å². The van der Waals surface area contributed by atoms with Crippen molar-refractivity contribution in [3.8, 4) is 5.75 Å². The number of benzene rings is 1. The number of halogens is 3. The van der Waals surface area contributed by atoms with Gasteiger partial charge in [0.15, 0.2) is 0 Å². The highest BCUT2D eigenvalue weighted by Crippen LogP contribution is 2.28. The molecule has 0 aliphatic carbocycles. The van der Waals surface area contributed by atoms with E-state index in [1.54, 1.807) is 19.2 Å².